The summed E-state index contributed by atoms with van der Waals surface area (Å²) < 4.78 is 18.8. The van der Waals surface area contributed by atoms with Gasteiger partial charge >= 0.3 is 0 Å². The molecule has 2 aromatic heterocycles. The minimum absolute atomic E-state index is 0.0167. The normalized spacial score (nSPS) is 23.4. The van der Waals surface area contributed by atoms with Crippen molar-refractivity contribution in [3.8, 4) is 11.5 Å². The second kappa shape index (κ2) is 10.3. The van der Waals surface area contributed by atoms with Crippen molar-refractivity contribution in [2.24, 2.45) is 0 Å². The Morgan fingerprint density at radius 2 is 1.88 bits per heavy atom. The number of ether oxygens (including phenoxy) is 3. The Labute approximate surface area is 201 Å². The summed E-state index contributed by atoms with van der Waals surface area (Å²) in [7, 11) is 0. The van der Waals surface area contributed by atoms with Crippen LogP contribution in [0.1, 0.15) is 27.0 Å². The van der Waals surface area contributed by atoms with Crippen molar-refractivity contribution in [1.82, 2.24) is 19.5 Å². The largest absolute Gasteiger partial charge is 0.488 e. The van der Waals surface area contributed by atoms with E-state index in [0.29, 0.717) is 35.1 Å². The second-order valence-electron chi connectivity index (χ2n) is 8.36. The number of aliphatic hydroxyl groups is 3. The summed E-state index contributed by atoms with van der Waals surface area (Å²) in [6, 6.07) is 7.26. The number of para-hydroxylation sites is 2. The molecule has 0 amide bonds. The first-order valence-electron chi connectivity index (χ1n) is 11.0. The fraction of sp³-hybridized carbons (Fsp3) is 0.500. The van der Waals surface area contributed by atoms with Gasteiger partial charge in [-0.25, -0.2) is 4.98 Å². The molecule has 1 fully saturated rings. The van der Waals surface area contributed by atoms with Crippen LogP contribution in [0.5, 0.6) is 11.5 Å². The highest BCUT2D eigenvalue weighted by atomic mass is 35.5. The maximum atomic E-state index is 10.4. The smallest absolute Gasteiger partial charge is 0.226 e. The molecule has 1 aliphatic heterocycles. The van der Waals surface area contributed by atoms with Crippen LogP contribution in [0.4, 0.5) is 5.82 Å². The lowest BCUT2D eigenvalue weighted by Crippen LogP contribution is -2.33. The van der Waals surface area contributed by atoms with E-state index < -0.39 is 31.1 Å². The third-order valence-electron chi connectivity index (χ3n) is 5.27. The molecule has 0 radical (unpaired) electrons. The second-order valence-corrected chi connectivity index (χ2v) is 8.70. The van der Waals surface area contributed by atoms with Gasteiger partial charge in [0.2, 0.25) is 5.28 Å². The molecule has 0 spiro atoms. The molecule has 4 rings (SSSR count). The van der Waals surface area contributed by atoms with Crippen molar-refractivity contribution in [3.05, 3.63) is 35.9 Å². The van der Waals surface area contributed by atoms with Crippen molar-refractivity contribution in [3.63, 3.8) is 0 Å². The summed E-state index contributed by atoms with van der Waals surface area (Å²) in [4.78, 5) is 12.8. The summed E-state index contributed by atoms with van der Waals surface area (Å²) in [6.45, 7) is 5.68. The number of anilines is 1. The van der Waals surface area contributed by atoms with Crippen molar-refractivity contribution in [1.29, 1.82) is 0 Å². The Morgan fingerprint density at radius 3 is 2.56 bits per heavy atom. The number of benzene rings is 1. The molecule has 1 aromatic carbocycles. The van der Waals surface area contributed by atoms with Gasteiger partial charge in [-0.3, -0.25) is 4.57 Å². The van der Waals surface area contributed by atoms with Gasteiger partial charge in [0.15, 0.2) is 34.7 Å². The zero-order chi connectivity index (χ0) is 24.4. The van der Waals surface area contributed by atoms with Crippen LogP contribution in [0.25, 0.3) is 11.2 Å². The molecule has 12 heteroatoms. The summed E-state index contributed by atoms with van der Waals surface area (Å²) in [5.41, 5.74) is 0.707. The number of nitrogens with one attached hydrogen (secondary N) is 1. The predicted molar refractivity (Wildman–Crippen MR) is 124 cm³/mol. The zero-order valence-electron chi connectivity index (χ0n) is 19.0. The molecule has 1 aliphatic rings. The van der Waals surface area contributed by atoms with E-state index in [1.807, 2.05) is 45.0 Å². The molecule has 3 aromatic rings. The maximum Gasteiger partial charge on any atom is 0.226 e. The van der Waals surface area contributed by atoms with Gasteiger partial charge in [-0.15, -0.1) is 0 Å². The Bertz CT molecular complexity index is 1130. The standard InChI is InChI=1S/C22H28ClN5O6/c1-11(2)33-14-7-5-4-6-13(14)32-9-12(3)25-19-16-20(27-22(23)26-19)28(10-24-16)21-18(31)17(30)15(8-29)34-21/h4-7,10-12,15,17-18,21,29-31H,8-9H2,1-3H3,(H,25,26,27)/t12-,15-,17-,18-,21-/m1/s1. The molecule has 184 valence electrons. The number of aromatic nitrogens is 4. The van der Waals surface area contributed by atoms with Gasteiger partial charge in [-0.05, 0) is 44.5 Å². The average Bonchev–Trinajstić information content (AvgIpc) is 3.33. The number of halogens is 1. The molecule has 3 heterocycles. The third-order valence-corrected chi connectivity index (χ3v) is 5.44. The van der Waals surface area contributed by atoms with E-state index in [1.165, 1.54) is 10.9 Å². The zero-order valence-corrected chi connectivity index (χ0v) is 19.8. The topological polar surface area (TPSA) is 144 Å². The van der Waals surface area contributed by atoms with Crippen molar-refractivity contribution in [2.75, 3.05) is 18.5 Å². The molecule has 1 saturated heterocycles. The van der Waals surface area contributed by atoms with E-state index in [0.717, 1.165) is 0 Å². The number of fused-ring (bicyclic) bond motifs is 1. The highest BCUT2D eigenvalue weighted by molar-refractivity contribution is 6.28. The number of rotatable bonds is 9. The molecular weight excluding hydrogens is 466 g/mol. The van der Waals surface area contributed by atoms with E-state index >= 15 is 0 Å². The Balaban J connectivity index is 1.51. The highest BCUT2D eigenvalue weighted by Gasteiger charge is 2.44. The fourth-order valence-corrected chi connectivity index (χ4v) is 3.86. The molecule has 11 nitrogen and oxygen atoms in total. The van der Waals surface area contributed by atoms with E-state index in [2.05, 4.69) is 20.3 Å². The predicted octanol–water partition coefficient (Wildman–Crippen LogP) is 1.76. The molecule has 4 N–H and O–H groups in total. The van der Waals surface area contributed by atoms with Crippen molar-refractivity contribution in [2.45, 2.75) is 57.5 Å². The maximum absolute atomic E-state index is 10.4. The number of imidazole rings is 1. The molecule has 0 unspecified atom stereocenters. The van der Waals surface area contributed by atoms with Gasteiger partial charge in [-0.2, -0.15) is 9.97 Å². The first-order valence-corrected chi connectivity index (χ1v) is 11.3. The highest BCUT2D eigenvalue weighted by Crippen LogP contribution is 2.33. The number of hydrogen-bond acceptors (Lipinski definition) is 10. The lowest BCUT2D eigenvalue weighted by Gasteiger charge is -2.19. The summed E-state index contributed by atoms with van der Waals surface area (Å²) >= 11 is 6.16. The minimum Gasteiger partial charge on any atom is -0.488 e. The van der Waals surface area contributed by atoms with Gasteiger partial charge in [0, 0.05) is 0 Å². The van der Waals surface area contributed by atoms with Gasteiger partial charge in [0.1, 0.15) is 24.9 Å². The minimum atomic E-state index is -1.28. The lowest BCUT2D eigenvalue weighted by atomic mass is 10.1. The van der Waals surface area contributed by atoms with E-state index in [1.54, 1.807) is 0 Å². The van der Waals surface area contributed by atoms with Gasteiger partial charge < -0.3 is 34.8 Å². The van der Waals surface area contributed by atoms with Crippen LogP contribution in [-0.4, -0.2) is 78.5 Å². The van der Waals surface area contributed by atoms with Gasteiger partial charge in [-0.1, -0.05) is 12.1 Å². The summed E-state index contributed by atoms with van der Waals surface area (Å²) in [5.74, 6) is 1.67. The summed E-state index contributed by atoms with van der Waals surface area (Å²) in [6.07, 6.45) is -3.01. The quantitative estimate of drug-likeness (QED) is 0.325. The van der Waals surface area contributed by atoms with Crippen LogP contribution in [0.3, 0.4) is 0 Å². The fourth-order valence-electron chi connectivity index (χ4n) is 3.70. The van der Waals surface area contributed by atoms with Crippen LogP contribution in [0, 0.1) is 0 Å². The lowest BCUT2D eigenvalue weighted by molar-refractivity contribution is -0.0511. The van der Waals surface area contributed by atoms with Crippen LogP contribution in [0.2, 0.25) is 5.28 Å². The van der Waals surface area contributed by atoms with Crippen LogP contribution < -0.4 is 14.8 Å². The number of hydrogen-bond donors (Lipinski definition) is 4. The Hall–Kier alpha value is -2.70. The van der Waals surface area contributed by atoms with Crippen molar-refractivity contribution < 1.29 is 29.5 Å². The third kappa shape index (κ3) is 5.03. The van der Waals surface area contributed by atoms with E-state index in [9.17, 15) is 15.3 Å². The van der Waals surface area contributed by atoms with Crippen LogP contribution in [-0.2, 0) is 4.74 Å². The Kier molecular flexibility index (Phi) is 7.39. The Morgan fingerprint density at radius 1 is 1.15 bits per heavy atom. The monoisotopic (exact) mass is 493 g/mol. The van der Waals surface area contributed by atoms with E-state index in [-0.39, 0.29) is 17.4 Å². The molecule has 5 atom stereocenters. The molecule has 0 bridgehead atoms. The first kappa shape index (κ1) is 24.4. The molecule has 0 aliphatic carbocycles. The first-order chi connectivity index (χ1) is 16.3. The van der Waals surface area contributed by atoms with Crippen molar-refractivity contribution >= 4 is 28.6 Å². The summed E-state index contributed by atoms with van der Waals surface area (Å²) in [5, 5.41) is 33.0. The van der Waals surface area contributed by atoms with E-state index in [4.69, 9.17) is 25.8 Å². The van der Waals surface area contributed by atoms with Crippen LogP contribution in [0.15, 0.2) is 30.6 Å². The SMILES string of the molecule is CC(C)Oc1ccccc1OC[C@@H](C)Nc1nc(Cl)nc2c1ncn2[C@@H]1O[C@H](CO)[C@@H](O)[C@H]1O. The molecule has 0 saturated carbocycles. The number of aliphatic hydroxyl groups excluding tert-OH is 3. The van der Waals surface area contributed by atoms with Gasteiger partial charge in [0.25, 0.3) is 0 Å². The van der Waals surface area contributed by atoms with Gasteiger partial charge in [0.05, 0.1) is 25.1 Å². The number of nitrogens with zero attached hydrogens (tertiary/aromatic N) is 4. The molecular formula is C22H28ClN5O6. The van der Waals surface area contributed by atoms with Crippen LogP contribution >= 0.6 is 11.6 Å². The average molecular weight is 494 g/mol. The molecule has 34 heavy (non-hydrogen) atoms.